The number of para-hydroxylation sites is 1. The van der Waals surface area contributed by atoms with Gasteiger partial charge in [-0.3, -0.25) is 4.57 Å². The van der Waals surface area contributed by atoms with Crippen LogP contribution in [0.5, 0.6) is 0 Å². The summed E-state index contributed by atoms with van der Waals surface area (Å²) in [6, 6.07) is 20.6. The summed E-state index contributed by atoms with van der Waals surface area (Å²) in [5, 5.41) is 6.61. The van der Waals surface area contributed by atoms with Gasteiger partial charge in [0.15, 0.2) is 5.82 Å². The molecule has 39 heavy (non-hydrogen) atoms. The van der Waals surface area contributed by atoms with Crippen LogP contribution in [0, 0.1) is 0 Å². The van der Waals surface area contributed by atoms with Gasteiger partial charge in [0.25, 0.3) is 0 Å². The lowest BCUT2D eigenvalue weighted by Gasteiger charge is -2.43. The first-order chi connectivity index (χ1) is 18.7. The summed E-state index contributed by atoms with van der Waals surface area (Å²) < 4.78 is 7.70. The van der Waals surface area contributed by atoms with Crippen molar-refractivity contribution in [2.45, 2.75) is 71.4 Å². The van der Waals surface area contributed by atoms with E-state index >= 15 is 0 Å². The Morgan fingerprint density at radius 3 is 2.44 bits per heavy atom. The highest BCUT2D eigenvalue weighted by molar-refractivity contribution is 5.85. The number of anilines is 2. The third-order valence-electron chi connectivity index (χ3n) is 6.89. The Hall–Kier alpha value is -4.13. The van der Waals surface area contributed by atoms with Crippen LogP contribution in [-0.2, 0) is 10.3 Å². The van der Waals surface area contributed by atoms with Gasteiger partial charge in [0.05, 0.1) is 28.8 Å². The number of aromatic nitrogens is 3. The molecule has 0 radical (unpaired) electrons. The molecular formula is C32H41N5O2. The van der Waals surface area contributed by atoms with Crippen molar-refractivity contribution in [1.29, 1.82) is 0 Å². The molecule has 7 nitrogen and oxygen atoms in total. The highest BCUT2D eigenvalue weighted by atomic mass is 16.6. The van der Waals surface area contributed by atoms with E-state index in [-0.39, 0.29) is 14.5 Å². The van der Waals surface area contributed by atoms with Crippen molar-refractivity contribution in [3.63, 3.8) is 0 Å². The number of nitrogens with zero attached hydrogens (tertiary/aromatic N) is 3. The molecule has 0 atom stereocenters. The predicted octanol–water partition coefficient (Wildman–Crippen LogP) is 8.47. The summed E-state index contributed by atoms with van der Waals surface area (Å²) in [6.45, 7) is 9.89. The molecule has 2 aliphatic rings. The van der Waals surface area contributed by atoms with Crippen molar-refractivity contribution in [3.05, 3.63) is 78.6 Å². The fourth-order valence-electron chi connectivity index (χ4n) is 5.05. The average molecular weight is 528 g/mol. The molecule has 1 fully saturated rings. The number of fused-ring (bicyclic) bond motifs is 5. The molecule has 1 aliphatic heterocycles. The highest BCUT2D eigenvalue weighted by Crippen LogP contribution is 2.43. The normalized spacial score (nSPS) is 14.6. The number of carbonyl (C=O) groups excluding carboxylic acids is 1. The van der Waals surface area contributed by atoms with Crippen molar-refractivity contribution in [2.75, 3.05) is 5.32 Å². The fraction of sp³-hybridized carbons (Fsp3) is 0.344. The van der Waals surface area contributed by atoms with Gasteiger partial charge in [-0.05, 0) is 69.9 Å². The molecule has 0 spiro atoms. The number of amides is 1. The van der Waals surface area contributed by atoms with Crippen molar-refractivity contribution in [2.24, 2.45) is 0 Å². The monoisotopic (exact) mass is 527 g/mol. The van der Waals surface area contributed by atoms with Crippen LogP contribution in [0.4, 0.5) is 16.3 Å². The van der Waals surface area contributed by atoms with E-state index in [2.05, 4.69) is 70.4 Å². The molecule has 6 rings (SSSR count). The van der Waals surface area contributed by atoms with Crippen LogP contribution < -0.4 is 10.6 Å². The molecule has 1 aliphatic carbocycles. The van der Waals surface area contributed by atoms with E-state index in [0.29, 0.717) is 0 Å². The summed E-state index contributed by atoms with van der Waals surface area (Å²) >= 11 is 0. The zero-order valence-corrected chi connectivity index (χ0v) is 23.4. The number of imidazole rings is 1. The van der Waals surface area contributed by atoms with Gasteiger partial charge in [0.1, 0.15) is 11.4 Å². The first kappa shape index (κ1) is 26.5. The van der Waals surface area contributed by atoms with Gasteiger partial charge >= 0.3 is 6.09 Å². The molecule has 4 aromatic rings. The number of ether oxygens (including phenoxy) is 1. The summed E-state index contributed by atoms with van der Waals surface area (Å²) in [6.07, 6.45) is 7.46. The van der Waals surface area contributed by atoms with E-state index in [4.69, 9.17) is 9.72 Å². The number of pyridine rings is 1. The lowest BCUT2D eigenvalue weighted by Crippen LogP contribution is -2.52. The highest BCUT2D eigenvalue weighted by Gasteiger charge is 2.41. The Kier molecular flexibility index (Phi) is 7.17. The molecule has 1 amide bonds. The van der Waals surface area contributed by atoms with Crippen LogP contribution in [0.2, 0.25) is 0 Å². The van der Waals surface area contributed by atoms with Gasteiger partial charge in [-0.1, -0.05) is 56.7 Å². The van der Waals surface area contributed by atoms with Gasteiger partial charge in [-0.25, -0.2) is 14.8 Å². The number of hydrogen-bond donors (Lipinski definition) is 2. The van der Waals surface area contributed by atoms with Crippen LogP contribution in [-0.4, -0.2) is 26.2 Å². The largest absolute Gasteiger partial charge is 0.444 e. The minimum absolute atomic E-state index is 0. The molecule has 1 saturated carbocycles. The van der Waals surface area contributed by atoms with Crippen molar-refractivity contribution < 1.29 is 12.4 Å². The quantitative estimate of drug-likeness (QED) is 0.246. The number of benzene rings is 2. The minimum Gasteiger partial charge on any atom is -0.444 e. The Balaban J connectivity index is 0.000000887. The Morgan fingerprint density at radius 2 is 1.77 bits per heavy atom. The van der Waals surface area contributed by atoms with Gasteiger partial charge in [0, 0.05) is 20.2 Å². The second kappa shape index (κ2) is 10.6. The molecule has 2 aromatic heterocycles. The second-order valence-electron chi connectivity index (χ2n) is 11.2. The molecular weight excluding hydrogens is 486 g/mol. The van der Waals surface area contributed by atoms with Crippen LogP contribution in [0.1, 0.15) is 68.7 Å². The number of nitrogens with one attached hydrogen (secondary N) is 2. The maximum Gasteiger partial charge on any atom is 0.408 e. The summed E-state index contributed by atoms with van der Waals surface area (Å²) in [5.41, 5.74) is 5.14. The number of alkyl carbamates (subject to hydrolysis) is 1. The second-order valence-corrected chi connectivity index (χ2v) is 11.2. The Bertz CT molecular complexity index is 1470. The molecule has 0 bridgehead atoms. The minimum atomic E-state index is -0.530. The SMILES string of the molecule is CC(C)(C)OC(=O)NC1(c2ccc(-c3cnc4n3-c3cccnc3Nc3ccccc3-4)cc2)CCC1.CCC.[HH].[HH]. The van der Waals surface area contributed by atoms with E-state index in [0.717, 1.165) is 64.7 Å². The summed E-state index contributed by atoms with van der Waals surface area (Å²) in [7, 11) is 0. The molecule has 2 aromatic carbocycles. The zero-order chi connectivity index (χ0) is 27.6. The van der Waals surface area contributed by atoms with Crippen molar-refractivity contribution in [3.8, 4) is 28.3 Å². The first-order valence-electron chi connectivity index (χ1n) is 13.8. The van der Waals surface area contributed by atoms with Gasteiger partial charge in [-0.15, -0.1) is 0 Å². The number of rotatable bonds is 3. The van der Waals surface area contributed by atoms with Gasteiger partial charge in [-0.2, -0.15) is 0 Å². The Morgan fingerprint density at radius 1 is 1.05 bits per heavy atom. The maximum absolute atomic E-state index is 12.5. The fourth-order valence-corrected chi connectivity index (χ4v) is 5.05. The predicted molar refractivity (Wildman–Crippen MR) is 161 cm³/mol. The number of hydrogen-bond acceptors (Lipinski definition) is 5. The lowest BCUT2D eigenvalue weighted by atomic mass is 9.72. The Labute approximate surface area is 233 Å². The van der Waals surface area contributed by atoms with E-state index in [1.54, 1.807) is 6.20 Å². The first-order valence-corrected chi connectivity index (χ1v) is 13.8. The van der Waals surface area contributed by atoms with Gasteiger partial charge in [0.2, 0.25) is 0 Å². The van der Waals surface area contributed by atoms with Crippen LogP contribution >= 0.6 is 0 Å². The molecule has 206 valence electrons. The van der Waals surface area contributed by atoms with E-state index in [1.165, 1.54) is 6.42 Å². The van der Waals surface area contributed by atoms with Crippen molar-refractivity contribution >= 4 is 17.6 Å². The maximum atomic E-state index is 12.5. The molecule has 7 heteroatoms. The van der Waals surface area contributed by atoms with E-state index < -0.39 is 5.60 Å². The molecule has 2 N–H and O–H groups in total. The molecule has 0 saturated heterocycles. The number of carbonyl (C=O) groups is 1. The summed E-state index contributed by atoms with van der Waals surface area (Å²) in [4.78, 5) is 22.0. The lowest BCUT2D eigenvalue weighted by molar-refractivity contribution is 0.0377. The third-order valence-corrected chi connectivity index (χ3v) is 6.89. The van der Waals surface area contributed by atoms with E-state index in [9.17, 15) is 4.79 Å². The third kappa shape index (κ3) is 5.26. The molecule has 0 unspecified atom stereocenters. The average Bonchev–Trinajstić information content (AvgIpc) is 3.25. The van der Waals surface area contributed by atoms with Crippen molar-refractivity contribution in [1.82, 2.24) is 19.9 Å². The molecule has 3 heterocycles. The smallest absolute Gasteiger partial charge is 0.408 e. The van der Waals surface area contributed by atoms with Crippen LogP contribution in [0.15, 0.2) is 73.1 Å². The topological polar surface area (TPSA) is 81.1 Å². The van der Waals surface area contributed by atoms with E-state index in [1.807, 2.05) is 51.2 Å². The van der Waals surface area contributed by atoms with Crippen LogP contribution in [0.25, 0.3) is 28.3 Å². The van der Waals surface area contributed by atoms with Gasteiger partial charge < -0.3 is 15.4 Å². The standard InChI is InChI=1S/C29H29N5O2.C3H8.2H2/c1-28(2,3)36-27(35)33-29(15-7-16-29)20-13-11-19(12-14-20)24-18-31-26-21-8-4-5-9-22(21)32-25-23(34(24)26)10-6-17-30-25;1-3-2;;/h4-6,8-14,17-18H,7,15-16H2,1-3H3,(H,30,32)(H,33,35);3H2,1-2H3;2*1H. The zero-order valence-electron chi connectivity index (χ0n) is 23.4. The van der Waals surface area contributed by atoms with Crippen LogP contribution in [0.3, 0.4) is 0 Å². The summed E-state index contributed by atoms with van der Waals surface area (Å²) in [5.74, 6) is 1.65.